The Morgan fingerprint density at radius 3 is 2.87 bits per heavy atom. The molecule has 0 spiro atoms. The molecule has 0 aromatic carbocycles. The summed E-state index contributed by atoms with van der Waals surface area (Å²) in [6.07, 6.45) is 0. The second kappa shape index (κ2) is 5.88. The summed E-state index contributed by atoms with van der Waals surface area (Å²) in [6, 6.07) is 3.93. The molecule has 0 saturated heterocycles. The molecular formula is C11H17NO2S. The van der Waals surface area contributed by atoms with E-state index in [1.807, 2.05) is 25.3 Å². The Bertz CT molecular complexity index is 298. The van der Waals surface area contributed by atoms with Gasteiger partial charge in [-0.25, -0.2) is 0 Å². The number of thiophene rings is 1. The van der Waals surface area contributed by atoms with E-state index in [-0.39, 0.29) is 12.0 Å². The first-order valence-corrected chi connectivity index (χ1v) is 5.91. The fraction of sp³-hybridized carbons (Fsp3) is 0.545. The lowest BCUT2D eigenvalue weighted by Gasteiger charge is -2.24. The largest absolute Gasteiger partial charge is 0.468 e. The summed E-state index contributed by atoms with van der Waals surface area (Å²) in [6.45, 7) is 5.58. The van der Waals surface area contributed by atoms with Gasteiger partial charge in [-0.15, -0.1) is 11.3 Å². The highest BCUT2D eigenvalue weighted by Gasteiger charge is 2.20. The molecule has 0 bridgehead atoms. The maximum Gasteiger partial charge on any atom is 0.322 e. The van der Waals surface area contributed by atoms with Crippen molar-refractivity contribution in [1.29, 1.82) is 0 Å². The molecule has 0 fully saturated rings. The number of carbonyl (C=O) groups excluding carboxylic acids is 1. The van der Waals surface area contributed by atoms with Crippen molar-refractivity contribution < 1.29 is 9.53 Å². The minimum absolute atomic E-state index is 0.173. The molecule has 15 heavy (non-hydrogen) atoms. The van der Waals surface area contributed by atoms with Crippen LogP contribution in [0.15, 0.2) is 17.5 Å². The molecule has 1 aromatic rings. The molecule has 3 nitrogen and oxygen atoms in total. The molecule has 4 heteroatoms. The highest BCUT2D eigenvalue weighted by Crippen LogP contribution is 2.14. The molecule has 0 aliphatic rings. The smallest absolute Gasteiger partial charge is 0.322 e. The van der Waals surface area contributed by atoms with Gasteiger partial charge in [0.15, 0.2) is 0 Å². The van der Waals surface area contributed by atoms with Crippen molar-refractivity contribution in [2.75, 3.05) is 13.7 Å². The number of rotatable bonds is 5. The van der Waals surface area contributed by atoms with E-state index in [0.29, 0.717) is 0 Å². The number of likely N-dealkylation sites (N-methyl/N-ethyl adjacent to an activating group) is 1. The van der Waals surface area contributed by atoms with Crippen LogP contribution < -0.4 is 0 Å². The Hall–Kier alpha value is -0.870. The molecule has 1 unspecified atom stereocenters. The van der Waals surface area contributed by atoms with Crippen LogP contribution in [0.5, 0.6) is 0 Å². The van der Waals surface area contributed by atoms with Gasteiger partial charge in [0.1, 0.15) is 6.04 Å². The van der Waals surface area contributed by atoms with Crippen LogP contribution in [0, 0.1) is 0 Å². The molecule has 0 aliphatic heterocycles. The summed E-state index contributed by atoms with van der Waals surface area (Å²) in [4.78, 5) is 14.7. The average Bonchev–Trinajstić information content (AvgIpc) is 2.76. The van der Waals surface area contributed by atoms with Crippen molar-refractivity contribution in [2.24, 2.45) is 0 Å². The van der Waals surface area contributed by atoms with Gasteiger partial charge in [-0.3, -0.25) is 9.69 Å². The first-order valence-electron chi connectivity index (χ1n) is 5.03. The Morgan fingerprint density at radius 2 is 2.40 bits per heavy atom. The van der Waals surface area contributed by atoms with Gasteiger partial charge >= 0.3 is 5.97 Å². The Labute approximate surface area is 94.7 Å². The van der Waals surface area contributed by atoms with Crippen LogP contribution in [-0.2, 0) is 16.1 Å². The lowest BCUT2D eigenvalue weighted by molar-refractivity contribution is -0.146. The quantitative estimate of drug-likeness (QED) is 0.722. The molecule has 0 aliphatic carbocycles. The second-order valence-corrected chi connectivity index (χ2v) is 4.37. The van der Waals surface area contributed by atoms with Gasteiger partial charge in [-0.1, -0.05) is 13.0 Å². The van der Waals surface area contributed by atoms with E-state index in [0.717, 1.165) is 13.1 Å². The minimum atomic E-state index is -0.179. The van der Waals surface area contributed by atoms with E-state index in [1.54, 1.807) is 11.3 Å². The fourth-order valence-corrected chi connectivity index (χ4v) is 2.17. The molecule has 1 heterocycles. The zero-order valence-corrected chi connectivity index (χ0v) is 10.2. The van der Waals surface area contributed by atoms with Gasteiger partial charge in [0.05, 0.1) is 7.11 Å². The highest BCUT2D eigenvalue weighted by atomic mass is 32.1. The third kappa shape index (κ3) is 3.32. The third-order valence-corrected chi connectivity index (χ3v) is 3.30. The minimum Gasteiger partial charge on any atom is -0.468 e. The van der Waals surface area contributed by atoms with E-state index in [2.05, 4.69) is 11.0 Å². The first-order chi connectivity index (χ1) is 7.19. The van der Waals surface area contributed by atoms with Gasteiger partial charge in [0.25, 0.3) is 0 Å². The second-order valence-electron chi connectivity index (χ2n) is 3.34. The molecular weight excluding hydrogens is 210 g/mol. The van der Waals surface area contributed by atoms with Gasteiger partial charge < -0.3 is 4.74 Å². The zero-order chi connectivity index (χ0) is 11.3. The predicted octanol–water partition coefficient (Wildman–Crippen LogP) is 2.13. The van der Waals surface area contributed by atoms with Gasteiger partial charge in [-0.05, 0) is 24.9 Å². The zero-order valence-electron chi connectivity index (χ0n) is 9.40. The Kier molecular flexibility index (Phi) is 4.78. The van der Waals surface area contributed by atoms with E-state index in [1.165, 1.54) is 12.0 Å². The van der Waals surface area contributed by atoms with E-state index < -0.39 is 0 Å². The van der Waals surface area contributed by atoms with Crippen molar-refractivity contribution in [3.63, 3.8) is 0 Å². The molecule has 84 valence electrons. The van der Waals surface area contributed by atoms with Crippen LogP contribution in [0.25, 0.3) is 0 Å². The number of esters is 1. The van der Waals surface area contributed by atoms with Crippen molar-refractivity contribution in [3.8, 4) is 0 Å². The molecule has 1 atom stereocenters. The summed E-state index contributed by atoms with van der Waals surface area (Å²) in [5, 5.41) is 2.05. The van der Waals surface area contributed by atoms with Crippen LogP contribution in [0.3, 0.4) is 0 Å². The van der Waals surface area contributed by atoms with Crippen molar-refractivity contribution >= 4 is 17.3 Å². The molecule has 1 rings (SSSR count). The van der Waals surface area contributed by atoms with Gasteiger partial charge in [0.2, 0.25) is 0 Å². The maximum atomic E-state index is 11.4. The number of hydrogen-bond acceptors (Lipinski definition) is 4. The normalized spacial score (nSPS) is 12.8. The predicted molar refractivity (Wildman–Crippen MR) is 61.9 cm³/mol. The average molecular weight is 227 g/mol. The number of methoxy groups -OCH3 is 1. The first kappa shape index (κ1) is 12.2. The van der Waals surface area contributed by atoms with Crippen molar-refractivity contribution in [1.82, 2.24) is 4.90 Å². The monoisotopic (exact) mass is 227 g/mol. The van der Waals surface area contributed by atoms with E-state index in [9.17, 15) is 4.79 Å². The lowest BCUT2D eigenvalue weighted by atomic mass is 10.2. The van der Waals surface area contributed by atoms with Crippen molar-refractivity contribution in [3.05, 3.63) is 22.4 Å². The molecule has 0 radical (unpaired) electrons. The number of hydrogen-bond donors (Lipinski definition) is 0. The lowest BCUT2D eigenvalue weighted by Crippen LogP contribution is -2.38. The summed E-state index contributed by atoms with van der Waals surface area (Å²) in [7, 11) is 1.43. The third-order valence-electron chi connectivity index (χ3n) is 2.44. The summed E-state index contributed by atoms with van der Waals surface area (Å²) in [5.41, 5.74) is 0. The van der Waals surface area contributed by atoms with Gasteiger partial charge in [-0.2, -0.15) is 0 Å². The standard InChI is InChI=1S/C11H17NO2S/c1-4-12(9(2)11(13)14-3)8-10-6-5-7-15-10/h5-7,9H,4,8H2,1-3H3. The summed E-state index contributed by atoms with van der Waals surface area (Å²) >= 11 is 1.71. The van der Waals surface area contributed by atoms with Gasteiger partial charge in [0, 0.05) is 11.4 Å². The molecule has 1 aromatic heterocycles. The Morgan fingerprint density at radius 1 is 1.67 bits per heavy atom. The highest BCUT2D eigenvalue weighted by molar-refractivity contribution is 7.09. The van der Waals surface area contributed by atoms with Crippen LogP contribution in [-0.4, -0.2) is 30.6 Å². The summed E-state index contributed by atoms with van der Waals surface area (Å²) in [5.74, 6) is -0.173. The fourth-order valence-electron chi connectivity index (χ4n) is 1.44. The number of carbonyl (C=O) groups is 1. The topological polar surface area (TPSA) is 29.5 Å². The Balaban J connectivity index is 2.59. The van der Waals surface area contributed by atoms with Crippen molar-refractivity contribution in [2.45, 2.75) is 26.4 Å². The SMILES string of the molecule is CCN(Cc1cccs1)C(C)C(=O)OC. The van der Waals surface area contributed by atoms with Crippen LogP contribution in [0.1, 0.15) is 18.7 Å². The van der Waals surface area contributed by atoms with Crippen LogP contribution >= 0.6 is 11.3 Å². The summed E-state index contributed by atoms with van der Waals surface area (Å²) < 4.78 is 4.74. The maximum absolute atomic E-state index is 11.4. The molecule has 0 N–H and O–H groups in total. The van der Waals surface area contributed by atoms with E-state index in [4.69, 9.17) is 4.74 Å². The molecule has 0 saturated carbocycles. The van der Waals surface area contributed by atoms with Crippen LogP contribution in [0.4, 0.5) is 0 Å². The number of ether oxygens (including phenoxy) is 1. The van der Waals surface area contributed by atoms with Crippen LogP contribution in [0.2, 0.25) is 0 Å². The molecule has 0 amide bonds. The number of nitrogens with zero attached hydrogens (tertiary/aromatic N) is 1. The van der Waals surface area contributed by atoms with E-state index >= 15 is 0 Å².